The topological polar surface area (TPSA) is 123 Å². The van der Waals surface area contributed by atoms with E-state index in [1.165, 1.54) is 24.4 Å². The SMILES string of the molecule is N#Cc1ccc(N2C[C@@H](C(N)=O)[C@H](C3CCN(C(=O)c4ccc(=O)[nH]c4)CC3)C2)cc1C(F)(F)F. The van der Waals surface area contributed by atoms with Crippen LogP contribution in [0.3, 0.4) is 0 Å². The molecular formula is C24H24F3N5O3. The fourth-order valence-electron chi connectivity index (χ4n) is 5.14. The van der Waals surface area contributed by atoms with E-state index in [9.17, 15) is 27.6 Å². The standard InChI is InChI=1S/C24H24F3N5O3/c25-24(26,27)20-9-17(3-1-15(20)10-28)32-12-18(19(13-32)22(29)34)14-5-7-31(8-6-14)23(35)16-2-4-21(33)30-11-16/h1-4,9,11,14,18-19H,5-8,12-13H2,(H2,29,34)(H,30,33)/t18-,19+/m0/s1. The average molecular weight is 487 g/mol. The maximum absolute atomic E-state index is 13.4. The third-order valence-corrected chi connectivity index (χ3v) is 6.99. The number of aromatic amines is 1. The van der Waals surface area contributed by atoms with Gasteiger partial charge in [-0.2, -0.15) is 18.4 Å². The van der Waals surface area contributed by atoms with Crippen LogP contribution in [0.5, 0.6) is 0 Å². The maximum atomic E-state index is 13.4. The molecule has 0 unspecified atom stereocenters. The van der Waals surface area contributed by atoms with Crippen LogP contribution in [0.25, 0.3) is 0 Å². The van der Waals surface area contributed by atoms with Gasteiger partial charge in [0.2, 0.25) is 11.5 Å². The molecule has 0 bridgehead atoms. The van der Waals surface area contributed by atoms with Crippen molar-refractivity contribution < 1.29 is 22.8 Å². The van der Waals surface area contributed by atoms with Crippen LogP contribution in [0.1, 0.15) is 34.3 Å². The lowest BCUT2D eigenvalue weighted by Gasteiger charge is -2.36. The van der Waals surface area contributed by atoms with Gasteiger partial charge < -0.3 is 20.5 Å². The van der Waals surface area contributed by atoms with Crippen molar-refractivity contribution in [2.45, 2.75) is 19.0 Å². The van der Waals surface area contributed by atoms with Gasteiger partial charge in [0, 0.05) is 44.1 Å². The monoisotopic (exact) mass is 487 g/mol. The van der Waals surface area contributed by atoms with E-state index in [4.69, 9.17) is 11.0 Å². The van der Waals surface area contributed by atoms with Crippen molar-refractivity contribution in [1.82, 2.24) is 9.88 Å². The Kier molecular flexibility index (Phi) is 6.56. The molecule has 0 radical (unpaired) electrons. The second-order valence-electron chi connectivity index (χ2n) is 8.99. The molecule has 184 valence electrons. The number of amides is 2. The number of alkyl halides is 3. The number of H-pyrrole nitrogens is 1. The molecular weight excluding hydrogens is 463 g/mol. The van der Waals surface area contributed by atoms with Crippen LogP contribution in [0, 0.1) is 29.1 Å². The minimum absolute atomic E-state index is 0.0672. The number of nitrogens with one attached hydrogen (secondary N) is 1. The third kappa shape index (κ3) is 5.01. The van der Waals surface area contributed by atoms with E-state index in [-0.39, 0.29) is 35.5 Å². The number of primary amides is 1. The summed E-state index contributed by atoms with van der Waals surface area (Å²) in [4.78, 5) is 42.1. The van der Waals surface area contributed by atoms with E-state index < -0.39 is 29.1 Å². The number of halogens is 3. The molecule has 1 aromatic carbocycles. The molecule has 2 fully saturated rings. The van der Waals surface area contributed by atoms with Crippen LogP contribution < -0.4 is 16.2 Å². The summed E-state index contributed by atoms with van der Waals surface area (Å²) >= 11 is 0. The van der Waals surface area contributed by atoms with Crippen LogP contribution in [0.15, 0.2) is 41.3 Å². The molecule has 0 spiro atoms. The minimum atomic E-state index is -4.67. The van der Waals surface area contributed by atoms with Crippen molar-refractivity contribution in [2.75, 3.05) is 31.1 Å². The molecule has 8 nitrogen and oxygen atoms in total. The van der Waals surface area contributed by atoms with Gasteiger partial charge in [-0.25, -0.2) is 0 Å². The zero-order valence-electron chi connectivity index (χ0n) is 18.7. The molecule has 0 saturated carbocycles. The Morgan fingerprint density at radius 3 is 2.40 bits per heavy atom. The number of pyridine rings is 1. The molecule has 2 amide bonds. The minimum Gasteiger partial charge on any atom is -0.370 e. The van der Waals surface area contributed by atoms with Gasteiger partial charge in [-0.15, -0.1) is 0 Å². The Morgan fingerprint density at radius 2 is 1.83 bits per heavy atom. The molecule has 2 aliphatic heterocycles. The van der Waals surface area contributed by atoms with Crippen molar-refractivity contribution in [3.8, 4) is 6.07 Å². The zero-order chi connectivity index (χ0) is 25.3. The van der Waals surface area contributed by atoms with Gasteiger partial charge in [-0.1, -0.05) is 0 Å². The van der Waals surface area contributed by atoms with Crippen molar-refractivity contribution in [2.24, 2.45) is 23.5 Å². The molecule has 1 aromatic heterocycles. The van der Waals surface area contributed by atoms with Gasteiger partial charge in [0.1, 0.15) is 0 Å². The Bertz CT molecular complexity index is 1210. The number of hydrogen-bond acceptors (Lipinski definition) is 5. The van der Waals surface area contributed by atoms with Gasteiger partial charge >= 0.3 is 6.18 Å². The zero-order valence-corrected chi connectivity index (χ0v) is 18.7. The van der Waals surface area contributed by atoms with Crippen molar-refractivity contribution in [3.63, 3.8) is 0 Å². The summed E-state index contributed by atoms with van der Waals surface area (Å²) in [5.41, 5.74) is 4.57. The molecule has 4 rings (SSSR count). The number of aromatic nitrogens is 1. The van der Waals surface area contributed by atoms with Crippen molar-refractivity contribution >= 4 is 17.5 Å². The predicted molar refractivity (Wildman–Crippen MR) is 120 cm³/mol. The number of carbonyl (C=O) groups is 2. The first-order chi connectivity index (χ1) is 16.6. The quantitative estimate of drug-likeness (QED) is 0.685. The highest BCUT2D eigenvalue weighted by molar-refractivity contribution is 5.93. The first-order valence-corrected chi connectivity index (χ1v) is 11.2. The molecule has 2 aromatic rings. The lowest BCUT2D eigenvalue weighted by atomic mass is 9.78. The summed E-state index contributed by atoms with van der Waals surface area (Å²) in [6.07, 6.45) is -2.05. The van der Waals surface area contributed by atoms with E-state index in [0.717, 1.165) is 12.1 Å². The molecule has 3 N–H and O–H groups in total. The number of anilines is 1. The van der Waals surface area contributed by atoms with E-state index in [1.54, 1.807) is 15.9 Å². The van der Waals surface area contributed by atoms with Crippen LogP contribution in [-0.4, -0.2) is 47.9 Å². The highest BCUT2D eigenvalue weighted by atomic mass is 19.4. The largest absolute Gasteiger partial charge is 0.417 e. The smallest absolute Gasteiger partial charge is 0.370 e. The molecule has 0 aliphatic carbocycles. The Morgan fingerprint density at radius 1 is 1.11 bits per heavy atom. The molecule has 2 saturated heterocycles. The van der Waals surface area contributed by atoms with Crippen molar-refractivity contribution in [1.29, 1.82) is 5.26 Å². The maximum Gasteiger partial charge on any atom is 0.417 e. The number of piperidine rings is 1. The number of likely N-dealkylation sites (tertiary alicyclic amines) is 1. The first kappa shape index (κ1) is 24.3. The number of nitrogens with zero attached hydrogens (tertiary/aromatic N) is 3. The van der Waals surface area contributed by atoms with Crippen molar-refractivity contribution in [3.05, 3.63) is 63.6 Å². The fourth-order valence-corrected chi connectivity index (χ4v) is 5.14. The normalized spacial score (nSPS) is 21.1. The average Bonchev–Trinajstić information content (AvgIpc) is 3.29. The summed E-state index contributed by atoms with van der Waals surface area (Å²) in [7, 11) is 0. The second kappa shape index (κ2) is 9.44. The molecule has 2 aliphatic rings. The highest BCUT2D eigenvalue weighted by Gasteiger charge is 2.43. The number of carbonyl (C=O) groups excluding carboxylic acids is 2. The van der Waals surface area contributed by atoms with Crippen LogP contribution in [0.4, 0.5) is 18.9 Å². The Labute approximate surface area is 199 Å². The highest BCUT2D eigenvalue weighted by Crippen LogP contribution is 2.40. The second-order valence-corrected chi connectivity index (χ2v) is 8.99. The van der Waals surface area contributed by atoms with E-state index in [1.807, 2.05) is 0 Å². The lowest BCUT2D eigenvalue weighted by molar-refractivity contribution is -0.137. The fraction of sp³-hybridized carbons (Fsp3) is 0.417. The Hall–Kier alpha value is -3.81. The molecule has 3 heterocycles. The van der Waals surface area contributed by atoms with E-state index >= 15 is 0 Å². The summed E-state index contributed by atoms with van der Waals surface area (Å²) < 4.78 is 40.3. The van der Waals surface area contributed by atoms with E-state index in [2.05, 4.69) is 4.98 Å². The first-order valence-electron chi connectivity index (χ1n) is 11.2. The van der Waals surface area contributed by atoms with Crippen LogP contribution >= 0.6 is 0 Å². The van der Waals surface area contributed by atoms with Gasteiger partial charge in [0.05, 0.1) is 28.7 Å². The molecule has 11 heteroatoms. The summed E-state index contributed by atoms with van der Waals surface area (Å²) in [5, 5.41) is 9.04. The summed E-state index contributed by atoms with van der Waals surface area (Å²) in [5.74, 6) is -1.34. The lowest BCUT2D eigenvalue weighted by Crippen LogP contribution is -2.42. The van der Waals surface area contributed by atoms with Crippen LogP contribution in [-0.2, 0) is 11.0 Å². The number of rotatable bonds is 4. The van der Waals surface area contributed by atoms with Gasteiger partial charge in [-0.05, 0) is 48.9 Å². The third-order valence-electron chi connectivity index (χ3n) is 6.99. The number of hydrogen-bond donors (Lipinski definition) is 2. The van der Waals surface area contributed by atoms with Gasteiger partial charge in [0.25, 0.3) is 5.91 Å². The molecule has 35 heavy (non-hydrogen) atoms. The summed E-state index contributed by atoms with van der Waals surface area (Å²) in [6.45, 7) is 1.47. The van der Waals surface area contributed by atoms with Gasteiger partial charge in [0.15, 0.2) is 0 Å². The summed E-state index contributed by atoms with van der Waals surface area (Å²) in [6, 6.07) is 7.88. The predicted octanol–water partition coefficient (Wildman–Crippen LogP) is 2.36. The number of nitrogens with two attached hydrogens (primary N) is 1. The Balaban J connectivity index is 1.48. The molecule has 2 atom stereocenters. The number of nitriles is 1. The number of benzene rings is 1. The van der Waals surface area contributed by atoms with Gasteiger partial charge in [-0.3, -0.25) is 14.4 Å². The van der Waals surface area contributed by atoms with Crippen LogP contribution in [0.2, 0.25) is 0 Å². The van der Waals surface area contributed by atoms with E-state index in [0.29, 0.717) is 38.0 Å².